The normalized spacial score (nSPS) is 19.6. The number of aliphatic imine (C=N–C) groups is 1. The van der Waals surface area contributed by atoms with Gasteiger partial charge in [0.2, 0.25) is 0 Å². The quantitative estimate of drug-likeness (QED) is 0.384. The van der Waals surface area contributed by atoms with E-state index in [1.165, 1.54) is 19.3 Å². The predicted molar refractivity (Wildman–Crippen MR) is 76.5 cm³/mol. The van der Waals surface area contributed by atoms with Crippen LogP contribution in [0.25, 0.3) is 0 Å². The molecule has 4 heteroatoms. The van der Waals surface area contributed by atoms with Crippen molar-refractivity contribution in [3.63, 3.8) is 0 Å². The average molecular weight is 253 g/mol. The highest BCUT2D eigenvalue weighted by atomic mass is 16.3. The predicted octanol–water partition coefficient (Wildman–Crippen LogP) is 1.80. The van der Waals surface area contributed by atoms with Gasteiger partial charge in [0, 0.05) is 19.7 Å². The van der Waals surface area contributed by atoms with Gasteiger partial charge in [-0.2, -0.15) is 0 Å². The minimum absolute atomic E-state index is 0.169. The van der Waals surface area contributed by atoms with E-state index in [0.29, 0.717) is 12.5 Å². The van der Waals surface area contributed by atoms with Gasteiger partial charge in [-0.05, 0) is 31.6 Å². The van der Waals surface area contributed by atoms with E-state index in [1.54, 1.807) is 0 Å². The second kappa shape index (κ2) is 7.41. The highest BCUT2D eigenvalue weighted by Gasteiger charge is 2.31. The first-order valence-electron chi connectivity index (χ1n) is 6.87. The number of nitrogens with one attached hydrogen (secondary N) is 1. The Kier molecular flexibility index (Phi) is 6.19. The largest absolute Gasteiger partial charge is 0.396 e. The summed E-state index contributed by atoms with van der Waals surface area (Å²) < 4.78 is 0. The van der Waals surface area contributed by atoms with Crippen molar-refractivity contribution >= 4 is 5.96 Å². The molecule has 1 saturated carbocycles. The van der Waals surface area contributed by atoms with Gasteiger partial charge in [-0.25, -0.2) is 0 Å². The molecule has 0 heterocycles. The van der Waals surface area contributed by atoms with Crippen LogP contribution in [-0.2, 0) is 0 Å². The highest BCUT2D eigenvalue weighted by molar-refractivity contribution is 5.78. The number of rotatable bonds is 6. The number of nitrogens with zero attached hydrogens (tertiary/aromatic N) is 1. The Bertz CT molecular complexity index is 288. The van der Waals surface area contributed by atoms with E-state index >= 15 is 0 Å². The van der Waals surface area contributed by atoms with Crippen molar-refractivity contribution in [1.29, 1.82) is 0 Å². The van der Waals surface area contributed by atoms with Crippen LogP contribution in [0.5, 0.6) is 0 Å². The fraction of sp³-hybridized carbons (Fsp3) is 0.786. The molecule has 0 aromatic rings. The van der Waals surface area contributed by atoms with Gasteiger partial charge in [0.1, 0.15) is 0 Å². The zero-order valence-electron chi connectivity index (χ0n) is 11.5. The van der Waals surface area contributed by atoms with Crippen molar-refractivity contribution < 1.29 is 5.11 Å². The Morgan fingerprint density at radius 2 is 2.06 bits per heavy atom. The Balaban J connectivity index is 2.49. The van der Waals surface area contributed by atoms with Gasteiger partial charge in [-0.15, -0.1) is 0 Å². The van der Waals surface area contributed by atoms with Gasteiger partial charge in [0.05, 0.1) is 0 Å². The highest BCUT2D eigenvalue weighted by Crippen LogP contribution is 2.39. The first-order chi connectivity index (χ1) is 8.58. The third-order valence-electron chi connectivity index (χ3n) is 3.71. The van der Waals surface area contributed by atoms with Gasteiger partial charge in [-0.1, -0.05) is 31.4 Å². The van der Waals surface area contributed by atoms with E-state index < -0.39 is 0 Å². The zero-order valence-corrected chi connectivity index (χ0v) is 11.5. The number of hydrogen-bond donors (Lipinski definition) is 3. The molecule has 4 nitrogen and oxygen atoms in total. The number of aliphatic hydroxyl groups is 1. The molecule has 0 aromatic heterocycles. The summed E-state index contributed by atoms with van der Waals surface area (Å²) >= 11 is 0. The first kappa shape index (κ1) is 15.0. The zero-order chi connectivity index (χ0) is 13.4. The number of hydrogen-bond acceptors (Lipinski definition) is 2. The lowest BCUT2D eigenvalue weighted by Gasteiger charge is -2.35. The van der Waals surface area contributed by atoms with Crippen molar-refractivity contribution in [2.45, 2.75) is 45.4 Å². The second-order valence-electron chi connectivity index (χ2n) is 5.55. The number of guanidine groups is 1. The average Bonchev–Trinajstić information content (AvgIpc) is 2.35. The van der Waals surface area contributed by atoms with E-state index in [1.807, 2.05) is 6.92 Å². The molecule has 0 spiro atoms. The summed E-state index contributed by atoms with van der Waals surface area (Å²) in [4.78, 5) is 4.44. The van der Waals surface area contributed by atoms with Crippen LogP contribution in [0.3, 0.4) is 0 Å². The van der Waals surface area contributed by atoms with E-state index in [4.69, 9.17) is 5.73 Å². The molecule has 0 aromatic carbocycles. The molecular weight excluding hydrogens is 226 g/mol. The summed E-state index contributed by atoms with van der Waals surface area (Å²) in [5.41, 5.74) is 7.04. The minimum Gasteiger partial charge on any atom is -0.396 e. The van der Waals surface area contributed by atoms with Crippen LogP contribution >= 0.6 is 0 Å². The molecule has 0 aliphatic heterocycles. The summed E-state index contributed by atoms with van der Waals surface area (Å²) in [6.07, 6.45) is 6.95. The molecule has 0 atom stereocenters. The lowest BCUT2D eigenvalue weighted by molar-refractivity contribution is 0.137. The molecule has 0 amide bonds. The van der Waals surface area contributed by atoms with Crippen LogP contribution < -0.4 is 11.1 Å². The minimum atomic E-state index is 0.169. The molecule has 0 radical (unpaired) electrons. The molecule has 18 heavy (non-hydrogen) atoms. The molecule has 0 saturated heterocycles. The van der Waals surface area contributed by atoms with Crippen LogP contribution in [0.1, 0.15) is 45.4 Å². The lowest BCUT2D eigenvalue weighted by atomic mass is 9.72. The van der Waals surface area contributed by atoms with Crippen LogP contribution in [0.15, 0.2) is 17.1 Å². The van der Waals surface area contributed by atoms with E-state index in [0.717, 1.165) is 31.4 Å². The maximum Gasteiger partial charge on any atom is 0.188 e. The first-order valence-corrected chi connectivity index (χ1v) is 6.87. The summed E-state index contributed by atoms with van der Waals surface area (Å²) in [5, 5.41) is 12.3. The molecule has 0 unspecified atom stereocenters. The number of nitrogens with two attached hydrogens (primary N) is 1. The summed E-state index contributed by atoms with van der Waals surface area (Å²) in [6.45, 7) is 7.41. The summed E-state index contributed by atoms with van der Waals surface area (Å²) in [7, 11) is 0. The third-order valence-corrected chi connectivity index (χ3v) is 3.71. The fourth-order valence-electron chi connectivity index (χ4n) is 2.58. The molecular formula is C14H27N3O. The van der Waals surface area contributed by atoms with Gasteiger partial charge in [-0.3, -0.25) is 4.99 Å². The van der Waals surface area contributed by atoms with E-state index in [-0.39, 0.29) is 12.0 Å². The van der Waals surface area contributed by atoms with Crippen LogP contribution in [0, 0.1) is 5.41 Å². The lowest BCUT2D eigenvalue weighted by Crippen LogP contribution is -2.35. The van der Waals surface area contributed by atoms with Gasteiger partial charge < -0.3 is 16.2 Å². The topological polar surface area (TPSA) is 70.6 Å². The SMILES string of the molecule is C=C(C)CNC(N)=NCC1(CCO)CCCCC1. The standard InChI is InChI=1S/C14H27N3O/c1-12(2)10-16-13(15)17-11-14(8-9-18)6-4-3-5-7-14/h18H,1,3-11H2,2H3,(H3,15,16,17). The molecule has 1 rings (SSSR count). The Labute approximate surface area is 110 Å². The summed E-state index contributed by atoms with van der Waals surface area (Å²) in [6, 6.07) is 0. The van der Waals surface area contributed by atoms with Crippen molar-refractivity contribution in [3.05, 3.63) is 12.2 Å². The third kappa shape index (κ3) is 5.08. The Morgan fingerprint density at radius 1 is 1.39 bits per heavy atom. The Morgan fingerprint density at radius 3 is 2.61 bits per heavy atom. The maximum atomic E-state index is 9.22. The van der Waals surface area contributed by atoms with Gasteiger partial charge >= 0.3 is 0 Å². The smallest absolute Gasteiger partial charge is 0.188 e. The second-order valence-corrected chi connectivity index (χ2v) is 5.55. The van der Waals surface area contributed by atoms with Crippen LogP contribution in [0.2, 0.25) is 0 Å². The maximum absolute atomic E-state index is 9.22. The van der Waals surface area contributed by atoms with Crippen molar-refractivity contribution in [2.75, 3.05) is 19.7 Å². The fourth-order valence-corrected chi connectivity index (χ4v) is 2.58. The molecule has 0 bridgehead atoms. The molecule has 1 aliphatic rings. The van der Waals surface area contributed by atoms with E-state index in [9.17, 15) is 5.11 Å². The molecule has 1 aliphatic carbocycles. The molecule has 4 N–H and O–H groups in total. The van der Waals surface area contributed by atoms with Crippen molar-refractivity contribution in [1.82, 2.24) is 5.32 Å². The molecule has 1 fully saturated rings. The van der Waals surface area contributed by atoms with Gasteiger partial charge in [0.25, 0.3) is 0 Å². The van der Waals surface area contributed by atoms with E-state index in [2.05, 4.69) is 16.9 Å². The van der Waals surface area contributed by atoms with Gasteiger partial charge in [0.15, 0.2) is 5.96 Å². The number of aliphatic hydroxyl groups excluding tert-OH is 1. The monoisotopic (exact) mass is 253 g/mol. The van der Waals surface area contributed by atoms with Crippen molar-refractivity contribution in [3.8, 4) is 0 Å². The van der Waals surface area contributed by atoms with Crippen LogP contribution in [-0.4, -0.2) is 30.8 Å². The van der Waals surface area contributed by atoms with Crippen LogP contribution in [0.4, 0.5) is 0 Å². The molecule has 104 valence electrons. The van der Waals surface area contributed by atoms with Crippen molar-refractivity contribution in [2.24, 2.45) is 16.1 Å². The Hall–Kier alpha value is -1.03. The summed E-state index contributed by atoms with van der Waals surface area (Å²) in [5.74, 6) is 0.487.